The molecule has 0 spiro atoms. The van der Waals surface area contributed by atoms with Crippen molar-refractivity contribution >= 4 is 29.2 Å². The molecule has 0 saturated carbocycles. The Morgan fingerprint density at radius 1 is 1.24 bits per heavy atom. The van der Waals surface area contributed by atoms with Gasteiger partial charge in [0.2, 0.25) is 5.91 Å². The zero-order chi connectivity index (χ0) is 32.2. The van der Waals surface area contributed by atoms with Crippen LogP contribution in [0, 0.1) is 17.2 Å². The molecule has 0 radical (unpaired) electrons. The number of nitrogens with one attached hydrogen (secondary N) is 2. The molecular formula is C31H35F2N9O3S. The van der Waals surface area contributed by atoms with E-state index in [4.69, 9.17) is 4.74 Å². The van der Waals surface area contributed by atoms with E-state index in [-0.39, 0.29) is 29.7 Å². The summed E-state index contributed by atoms with van der Waals surface area (Å²) < 4.78 is 33.2. The fourth-order valence-corrected chi connectivity index (χ4v) is 6.83. The lowest BCUT2D eigenvalue weighted by molar-refractivity contribution is -0.134. The second-order valence-electron chi connectivity index (χ2n) is 11.5. The van der Waals surface area contributed by atoms with Crippen molar-refractivity contribution in [1.29, 1.82) is 5.26 Å². The Morgan fingerprint density at radius 3 is 2.83 bits per heavy atom. The summed E-state index contributed by atoms with van der Waals surface area (Å²) in [6.07, 6.45) is 11.7. The van der Waals surface area contributed by atoms with Gasteiger partial charge in [0, 0.05) is 54.7 Å². The van der Waals surface area contributed by atoms with E-state index in [1.165, 1.54) is 28.5 Å². The van der Waals surface area contributed by atoms with Crippen LogP contribution < -0.4 is 15.5 Å². The Labute approximate surface area is 269 Å². The number of rotatable bonds is 9. The first-order valence-electron chi connectivity index (χ1n) is 15.2. The summed E-state index contributed by atoms with van der Waals surface area (Å²) in [5, 5.41) is 18.0. The molecule has 0 aliphatic carbocycles. The molecule has 2 saturated heterocycles. The molecule has 6 rings (SSSR count). The number of nitrogens with zero attached hydrogens (tertiary/aromatic N) is 7. The van der Waals surface area contributed by atoms with Gasteiger partial charge in [-0.15, -0.1) is 11.8 Å². The summed E-state index contributed by atoms with van der Waals surface area (Å²) >= 11 is 1.44. The van der Waals surface area contributed by atoms with Crippen molar-refractivity contribution in [2.45, 2.75) is 49.3 Å². The molecule has 2 aromatic heterocycles. The number of likely N-dealkylation sites (tertiary alicyclic amines) is 2. The minimum absolute atomic E-state index is 0.0354. The van der Waals surface area contributed by atoms with Gasteiger partial charge >= 0.3 is 6.61 Å². The molecule has 2 N–H and O–H groups in total. The fourth-order valence-electron chi connectivity index (χ4n) is 6.39. The van der Waals surface area contributed by atoms with E-state index in [1.54, 1.807) is 41.8 Å². The Balaban J connectivity index is 1.19. The van der Waals surface area contributed by atoms with E-state index >= 15 is 0 Å². The number of halogens is 2. The van der Waals surface area contributed by atoms with Crippen LogP contribution >= 0.6 is 11.8 Å². The van der Waals surface area contributed by atoms with E-state index in [0.717, 1.165) is 43.7 Å². The Hall–Kier alpha value is -4.26. The van der Waals surface area contributed by atoms with E-state index in [1.807, 2.05) is 11.2 Å². The van der Waals surface area contributed by atoms with Crippen molar-refractivity contribution in [2.24, 2.45) is 5.92 Å². The fraction of sp³-hybridized carbons (Fsp3) is 0.452. The zero-order valence-corrected chi connectivity index (χ0v) is 26.1. The number of aromatic nitrogens is 3. The SMILES string of the molecule is CSc1ccc(OC(F)F)c(C2NN(CC(=O)N3CCC(N4CCC[C@@H](C#N)C4)CC3)C=C2NC(=O)c2cnn3cccnc23)c1. The highest BCUT2D eigenvalue weighted by Crippen LogP contribution is 2.36. The summed E-state index contributed by atoms with van der Waals surface area (Å²) in [5.41, 5.74) is 4.54. The van der Waals surface area contributed by atoms with E-state index in [0.29, 0.717) is 36.0 Å². The quantitative estimate of drug-likeness (QED) is 0.332. The van der Waals surface area contributed by atoms with Gasteiger partial charge < -0.3 is 20.0 Å². The topological polar surface area (TPSA) is 131 Å². The number of hydrogen-bond acceptors (Lipinski definition) is 10. The maximum Gasteiger partial charge on any atom is 0.387 e. The first-order chi connectivity index (χ1) is 22.3. The highest BCUT2D eigenvalue weighted by molar-refractivity contribution is 7.98. The minimum atomic E-state index is -3.05. The molecule has 1 unspecified atom stereocenters. The van der Waals surface area contributed by atoms with Gasteiger partial charge in [-0.3, -0.25) is 14.5 Å². The normalized spacial score (nSPS) is 21.0. The maximum absolute atomic E-state index is 13.5. The van der Waals surface area contributed by atoms with E-state index < -0.39 is 18.6 Å². The van der Waals surface area contributed by atoms with Gasteiger partial charge in [0.25, 0.3) is 5.91 Å². The van der Waals surface area contributed by atoms with Crippen LogP contribution in [0.4, 0.5) is 8.78 Å². The largest absolute Gasteiger partial charge is 0.434 e. The number of carbonyl (C=O) groups excluding carboxylic acids is 2. The molecule has 1 aromatic carbocycles. The number of hydrazine groups is 1. The van der Waals surface area contributed by atoms with Gasteiger partial charge in [0.1, 0.15) is 17.9 Å². The molecule has 46 heavy (non-hydrogen) atoms. The third kappa shape index (κ3) is 6.93. The van der Waals surface area contributed by atoms with Crippen LogP contribution in [-0.2, 0) is 4.79 Å². The lowest BCUT2D eigenvalue weighted by Crippen LogP contribution is -2.51. The van der Waals surface area contributed by atoms with Crippen molar-refractivity contribution in [1.82, 2.24) is 40.1 Å². The minimum Gasteiger partial charge on any atom is -0.434 e. The molecule has 2 fully saturated rings. The summed E-state index contributed by atoms with van der Waals surface area (Å²) in [4.78, 5) is 36.2. The van der Waals surface area contributed by atoms with E-state index in [9.17, 15) is 23.6 Å². The van der Waals surface area contributed by atoms with Gasteiger partial charge in [0.15, 0.2) is 5.65 Å². The third-order valence-electron chi connectivity index (χ3n) is 8.70. The molecule has 5 heterocycles. The van der Waals surface area contributed by atoms with E-state index in [2.05, 4.69) is 31.8 Å². The molecule has 242 valence electrons. The summed E-state index contributed by atoms with van der Waals surface area (Å²) in [5.74, 6) is -0.572. The first kappa shape index (κ1) is 31.7. The Bertz CT molecular complexity index is 1650. The van der Waals surface area contributed by atoms with Crippen molar-refractivity contribution in [3.05, 3.63) is 65.9 Å². The zero-order valence-electron chi connectivity index (χ0n) is 25.3. The van der Waals surface area contributed by atoms with Crippen LogP contribution in [0.1, 0.15) is 47.6 Å². The average Bonchev–Trinajstić information content (AvgIpc) is 3.68. The monoisotopic (exact) mass is 651 g/mol. The summed E-state index contributed by atoms with van der Waals surface area (Å²) in [6, 6.07) is 8.53. The summed E-state index contributed by atoms with van der Waals surface area (Å²) in [7, 11) is 0. The number of fused-ring (bicyclic) bond motifs is 1. The van der Waals surface area contributed by atoms with Crippen molar-refractivity contribution in [3.8, 4) is 11.8 Å². The second-order valence-corrected chi connectivity index (χ2v) is 12.4. The van der Waals surface area contributed by atoms with Crippen LogP contribution in [0.25, 0.3) is 5.65 Å². The number of alkyl halides is 2. The maximum atomic E-state index is 13.5. The smallest absolute Gasteiger partial charge is 0.387 e. The van der Waals surface area contributed by atoms with Crippen molar-refractivity contribution in [2.75, 3.05) is 39.0 Å². The number of nitriles is 1. The van der Waals surface area contributed by atoms with Gasteiger partial charge in [-0.05, 0) is 62.7 Å². The van der Waals surface area contributed by atoms with Crippen molar-refractivity contribution < 1.29 is 23.1 Å². The standard InChI is InChI=1S/C31H35F2N9O3S/c1-46-22-5-6-26(45-31(32)33)23(14-22)28-25(37-30(44)24-16-36-42-11-3-9-35-29(24)42)18-41(38-28)19-27(43)39-12-7-21(8-13-39)40-10-2-4-20(15-34)17-40/h3,5-6,9,11,14,16,18,20-21,28,31,38H,2,4,7-8,10,12-13,17,19H2,1H3,(H,37,44)/t20-,28?/m0/s1. The highest BCUT2D eigenvalue weighted by atomic mass is 32.2. The molecular weight excluding hydrogens is 616 g/mol. The predicted octanol–water partition coefficient (Wildman–Crippen LogP) is 3.41. The van der Waals surface area contributed by atoms with Gasteiger partial charge in [-0.25, -0.2) is 14.9 Å². The molecule has 3 aliphatic rings. The van der Waals surface area contributed by atoms with Crippen LogP contribution in [0.2, 0.25) is 0 Å². The molecule has 12 nitrogen and oxygen atoms in total. The Kier molecular flexibility index (Phi) is 9.67. The number of ether oxygens (including phenoxy) is 1. The van der Waals surface area contributed by atoms with Crippen LogP contribution in [0.3, 0.4) is 0 Å². The van der Waals surface area contributed by atoms with Gasteiger partial charge in [-0.1, -0.05) is 0 Å². The van der Waals surface area contributed by atoms with Gasteiger partial charge in [0.05, 0.1) is 29.9 Å². The predicted molar refractivity (Wildman–Crippen MR) is 165 cm³/mol. The molecule has 2 amide bonds. The second kappa shape index (κ2) is 14.0. The molecule has 3 aliphatic heterocycles. The molecule has 0 bridgehead atoms. The lowest BCUT2D eigenvalue weighted by Gasteiger charge is -2.41. The van der Waals surface area contributed by atoms with Crippen LogP contribution in [0.15, 0.2) is 59.6 Å². The highest BCUT2D eigenvalue weighted by Gasteiger charge is 2.34. The third-order valence-corrected chi connectivity index (χ3v) is 9.43. The van der Waals surface area contributed by atoms with Crippen molar-refractivity contribution in [3.63, 3.8) is 0 Å². The summed E-state index contributed by atoms with van der Waals surface area (Å²) in [6.45, 7) is -0.115. The number of benzene rings is 1. The Morgan fingerprint density at radius 2 is 2.07 bits per heavy atom. The number of carbonyl (C=O) groups is 2. The average molecular weight is 652 g/mol. The lowest BCUT2D eigenvalue weighted by atomic mass is 9.95. The first-order valence-corrected chi connectivity index (χ1v) is 16.4. The molecule has 2 atom stereocenters. The molecule has 15 heteroatoms. The number of piperidine rings is 2. The van der Waals surface area contributed by atoms with Crippen LogP contribution in [-0.4, -0.2) is 92.9 Å². The number of thioether (sulfide) groups is 1. The van der Waals surface area contributed by atoms with Crippen LogP contribution in [0.5, 0.6) is 5.75 Å². The number of amides is 2. The molecule has 3 aromatic rings. The number of hydrogen-bond donors (Lipinski definition) is 2. The van der Waals surface area contributed by atoms with Gasteiger partial charge in [-0.2, -0.15) is 19.1 Å².